The number of anilines is 1. The van der Waals surface area contributed by atoms with Crippen LogP contribution in [0.15, 0.2) is 18.2 Å². The summed E-state index contributed by atoms with van der Waals surface area (Å²) in [4.78, 5) is 0. The summed E-state index contributed by atoms with van der Waals surface area (Å²) >= 11 is 0. The molecule has 0 heterocycles. The standard InChI is InChI=1S/C10H15NO2S/c1-3-14(12)7-8-4-9(11)6-10(5-8)13-2/h4-6H,3,7,11H2,1-2H3. The third-order valence-corrected chi connectivity index (χ3v) is 3.17. The fourth-order valence-corrected chi connectivity index (χ4v) is 1.92. The zero-order valence-electron chi connectivity index (χ0n) is 8.45. The van der Waals surface area contributed by atoms with E-state index in [2.05, 4.69) is 0 Å². The highest BCUT2D eigenvalue weighted by molar-refractivity contribution is 7.84. The number of nitrogen functional groups attached to an aromatic ring is 1. The molecule has 1 rings (SSSR count). The van der Waals surface area contributed by atoms with Gasteiger partial charge in [-0.2, -0.15) is 0 Å². The molecule has 0 aliphatic rings. The van der Waals surface area contributed by atoms with Gasteiger partial charge in [-0.3, -0.25) is 4.21 Å². The molecule has 1 aromatic carbocycles. The Morgan fingerprint density at radius 1 is 1.43 bits per heavy atom. The van der Waals surface area contributed by atoms with Crippen molar-refractivity contribution >= 4 is 16.5 Å². The van der Waals surface area contributed by atoms with Crippen molar-refractivity contribution in [3.63, 3.8) is 0 Å². The molecule has 0 bridgehead atoms. The fraction of sp³-hybridized carbons (Fsp3) is 0.400. The number of hydrogen-bond acceptors (Lipinski definition) is 3. The van der Waals surface area contributed by atoms with Crippen LogP contribution in [0.25, 0.3) is 0 Å². The summed E-state index contributed by atoms with van der Waals surface area (Å²) in [5.41, 5.74) is 7.28. The van der Waals surface area contributed by atoms with Gasteiger partial charge in [0.05, 0.1) is 7.11 Å². The first-order valence-electron chi connectivity index (χ1n) is 4.44. The van der Waals surface area contributed by atoms with Gasteiger partial charge in [0, 0.05) is 34.1 Å². The largest absolute Gasteiger partial charge is 0.497 e. The van der Waals surface area contributed by atoms with E-state index >= 15 is 0 Å². The van der Waals surface area contributed by atoms with Crippen LogP contribution in [0.3, 0.4) is 0 Å². The second kappa shape index (κ2) is 5.00. The van der Waals surface area contributed by atoms with E-state index in [4.69, 9.17) is 10.5 Å². The first kappa shape index (κ1) is 11.0. The Labute approximate surface area is 86.7 Å². The summed E-state index contributed by atoms with van der Waals surface area (Å²) in [5, 5.41) is 0. The molecule has 1 aromatic rings. The first-order chi connectivity index (χ1) is 6.65. The number of ether oxygens (including phenoxy) is 1. The summed E-state index contributed by atoms with van der Waals surface area (Å²) < 4.78 is 16.4. The van der Waals surface area contributed by atoms with Crippen molar-refractivity contribution < 1.29 is 8.95 Å². The molecule has 2 N–H and O–H groups in total. The first-order valence-corrected chi connectivity index (χ1v) is 5.93. The third kappa shape index (κ3) is 3.03. The predicted molar refractivity (Wildman–Crippen MR) is 59.8 cm³/mol. The van der Waals surface area contributed by atoms with Crippen LogP contribution in [0, 0.1) is 0 Å². The zero-order chi connectivity index (χ0) is 10.6. The average Bonchev–Trinajstić information content (AvgIpc) is 2.16. The number of methoxy groups -OCH3 is 1. The van der Waals surface area contributed by atoms with Crippen molar-refractivity contribution in [3.8, 4) is 5.75 Å². The molecule has 0 aliphatic heterocycles. The van der Waals surface area contributed by atoms with Gasteiger partial charge < -0.3 is 10.5 Å². The molecule has 14 heavy (non-hydrogen) atoms. The van der Waals surface area contributed by atoms with Gasteiger partial charge in [0.2, 0.25) is 0 Å². The Balaban J connectivity index is 2.86. The summed E-state index contributed by atoms with van der Waals surface area (Å²) in [6, 6.07) is 5.44. The lowest BCUT2D eigenvalue weighted by atomic mass is 10.2. The van der Waals surface area contributed by atoms with Crippen LogP contribution in [0.4, 0.5) is 5.69 Å². The molecule has 0 saturated carbocycles. The Kier molecular flexibility index (Phi) is 3.95. The maximum Gasteiger partial charge on any atom is 0.121 e. The van der Waals surface area contributed by atoms with Crippen molar-refractivity contribution in [1.82, 2.24) is 0 Å². The molecule has 0 aliphatic carbocycles. The highest BCUT2D eigenvalue weighted by atomic mass is 32.2. The minimum Gasteiger partial charge on any atom is -0.497 e. The van der Waals surface area contributed by atoms with E-state index in [9.17, 15) is 4.21 Å². The molecule has 0 aromatic heterocycles. The summed E-state index contributed by atoms with van der Waals surface area (Å²) in [6.07, 6.45) is 0. The summed E-state index contributed by atoms with van der Waals surface area (Å²) in [6.45, 7) is 1.90. The lowest BCUT2D eigenvalue weighted by Gasteiger charge is -2.05. The summed E-state index contributed by atoms with van der Waals surface area (Å²) in [7, 11) is 0.785. The van der Waals surface area contributed by atoms with E-state index in [0.29, 0.717) is 22.9 Å². The van der Waals surface area contributed by atoms with Crippen molar-refractivity contribution in [2.75, 3.05) is 18.6 Å². The van der Waals surface area contributed by atoms with Gasteiger partial charge in [-0.25, -0.2) is 0 Å². The van der Waals surface area contributed by atoms with Gasteiger partial charge in [-0.15, -0.1) is 0 Å². The highest BCUT2D eigenvalue weighted by Gasteiger charge is 2.02. The molecular weight excluding hydrogens is 198 g/mol. The zero-order valence-corrected chi connectivity index (χ0v) is 9.26. The predicted octanol–water partition coefficient (Wildman–Crippen LogP) is 1.55. The molecular formula is C10H15NO2S. The van der Waals surface area contributed by atoms with Crippen molar-refractivity contribution in [2.45, 2.75) is 12.7 Å². The summed E-state index contributed by atoms with van der Waals surface area (Å²) in [5.74, 6) is 1.92. The van der Waals surface area contributed by atoms with E-state index in [0.717, 1.165) is 5.56 Å². The van der Waals surface area contributed by atoms with Crippen LogP contribution < -0.4 is 10.5 Å². The average molecular weight is 213 g/mol. The Morgan fingerprint density at radius 3 is 2.71 bits per heavy atom. The van der Waals surface area contributed by atoms with E-state index in [1.165, 1.54) is 0 Å². The quantitative estimate of drug-likeness (QED) is 0.772. The number of hydrogen-bond donors (Lipinski definition) is 1. The van der Waals surface area contributed by atoms with Crippen LogP contribution in [-0.4, -0.2) is 17.1 Å². The molecule has 1 atom stereocenters. The smallest absolute Gasteiger partial charge is 0.121 e. The van der Waals surface area contributed by atoms with Crippen LogP contribution in [-0.2, 0) is 16.6 Å². The van der Waals surface area contributed by atoms with E-state index in [1.54, 1.807) is 13.2 Å². The van der Waals surface area contributed by atoms with E-state index in [-0.39, 0.29) is 0 Å². The Morgan fingerprint density at radius 2 is 2.14 bits per heavy atom. The third-order valence-electron chi connectivity index (χ3n) is 1.87. The van der Waals surface area contributed by atoms with Gasteiger partial charge in [-0.05, 0) is 17.7 Å². The van der Waals surface area contributed by atoms with Crippen LogP contribution >= 0.6 is 0 Å². The van der Waals surface area contributed by atoms with Crippen molar-refractivity contribution in [2.24, 2.45) is 0 Å². The topological polar surface area (TPSA) is 52.3 Å². The minimum absolute atomic E-state index is 0.540. The number of nitrogens with two attached hydrogens (primary N) is 1. The molecule has 0 fully saturated rings. The molecule has 0 amide bonds. The minimum atomic E-state index is -0.808. The Bertz CT molecular complexity index is 339. The molecule has 0 saturated heterocycles. The lowest BCUT2D eigenvalue weighted by Crippen LogP contribution is -1.99. The molecule has 0 radical (unpaired) electrons. The van der Waals surface area contributed by atoms with Gasteiger partial charge in [0.1, 0.15) is 5.75 Å². The lowest BCUT2D eigenvalue weighted by molar-refractivity contribution is 0.414. The van der Waals surface area contributed by atoms with E-state index in [1.807, 2.05) is 19.1 Å². The maximum absolute atomic E-state index is 11.3. The monoisotopic (exact) mass is 213 g/mol. The second-order valence-corrected chi connectivity index (χ2v) is 4.73. The number of rotatable bonds is 4. The molecule has 0 spiro atoms. The van der Waals surface area contributed by atoms with Gasteiger partial charge in [0.25, 0.3) is 0 Å². The normalized spacial score (nSPS) is 12.4. The highest BCUT2D eigenvalue weighted by Crippen LogP contribution is 2.19. The molecule has 3 nitrogen and oxygen atoms in total. The van der Waals surface area contributed by atoms with E-state index < -0.39 is 10.8 Å². The fourth-order valence-electron chi connectivity index (χ4n) is 1.18. The van der Waals surface area contributed by atoms with Crippen LogP contribution in [0.1, 0.15) is 12.5 Å². The van der Waals surface area contributed by atoms with Crippen LogP contribution in [0.5, 0.6) is 5.75 Å². The Hall–Kier alpha value is -1.03. The van der Waals surface area contributed by atoms with Crippen molar-refractivity contribution in [3.05, 3.63) is 23.8 Å². The second-order valence-electron chi connectivity index (χ2n) is 2.99. The number of benzene rings is 1. The van der Waals surface area contributed by atoms with Crippen LogP contribution in [0.2, 0.25) is 0 Å². The molecule has 4 heteroatoms. The van der Waals surface area contributed by atoms with Gasteiger partial charge >= 0.3 is 0 Å². The van der Waals surface area contributed by atoms with Crippen molar-refractivity contribution in [1.29, 1.82) is 0 Å². The molecule has 1 unspecified atom stereocenters. The maximum atomic E-state index is 11.3. The SMILES string of the molecule is CCS(=O)Cc1cc(N)cc(OC)c1. The molecule has 78 valence electrons. The van der Waals surface area contributed by atoms with Gasteiger partial charge in [-0.1, -0.05) is 6.92 Å². The van der Waals surface area contributed by atoms with Gasteiger partial charge in [0.15, 0.2) is 0 Å².